The predicted molar refractivity (Wildman–Crippen MR) is 119 cm³/mol. The first-order valence-electron chi connectivity index (χ1n) is 10.4. The second-order valence-electron chi connectivity index (χ2n) is 8.20. The summed E-state index contributed by atoms with van der Waals surface area (Å²) in [5.74, 6) is 0.340. The van der Waals surface area contributed by atoms with Crippen LogP contribution < -0.4 is 10.4 Å². The van der Waals surface area contributed by atoms with Crippen molar-refractivity contribution in [3.63, 3.8) is 0 Å². The fraction of sp³-hybridized carbons (Fsp3) is 0.375. The molecule has 7 nitrogen and oxygen atoms in total. The Kier molecular flexibility index (Phi) is 6.52. The predicted octanol–water partition coefficient (Wildman–Crippen LogP) is 3.87. The molecule has 0 unspecified atom stereocenters. The van der Waals surface area contributed by atoms with Crippen molar-refractivity contribution in [2.75, 3.05) is 6.61 Å². The van der Waals surface area contributed by atoms with Gasteiger partial charge < -0.3 is 9.47 Å². The zero-order chi connectivity index (χ0) is 23.6. The second kappa shape index (κ2) is 8.98. The van der Waals surface area contributed by atoms with Crippen LogP contribution in [0.5, 0.6) is 5.75 Å². The first-order valence-corrected chi connectivity index (χ1v) is 10.4. The summed E-state index contributed by atoms with van der Waals surface area (Å²) in [6.07, 6.45) is 0. The molecule has 8 heteroatoms. The van der Waals surface area contributed by atoms with Crippen LogP contribution in [0.2, 0.25) is 0 Å². The van der Waals surface area contributed by atoms with E-state index in [-0.39, 0.29) is 18.1 Å². The summed E-state index contributed by atoms with van der Waals surface area (Å²) >= 11 is 0. The van der Waals surface area contributed by atoms with E-state index in [2.05, 4.69) is 5.10 Å². The van der Waals surface area contributed by atoms with E-state index in [1.54, 1.807) is 32.3 Å². The van der Waals surface area contributed by atoms with E-state index < -0.39 is 11.6 Å². The molecule has 0 atom stereocenters. The molecule has 0 aliphatic heterocycles. The molecule has 0 aliphatic carbocycles. The number of halogens is 1. The normalized spacial score (nSPS) is 11.5. The van der Waals surface area contributed by atoms with Crippen molar-refractivity contribution in [3.05, 3.63) is 75.2 Å². The van der Waals surface area contributed by atoms with Crippen LogP contribution in [0.3, 0.4) is 0 Å². The van der Waals surface area contributed by atoms with E-state index in [9.17, 15) is 14.0 Å². The zero-order valence-corrected chi connectivity index (χ0v) is 19.2. The third kappa shape index (κ3) is 4.74. The van der Waals surface area contributed by atoms with Gasteiger partial charge in [0.2, 0.25) is 0 Å². The van der Waals surface area contributed by atoms with E-state index >= 15 is 0 Å². The van der Waals surface area contributed by atoms with Gasteiger partial charge in [-0.05, 0) is 82.5 Å². The average molecular weight is 442 g/mol. The summed E-state index contributed by atoms with van der Waals surface area (Å²) in [5.41, 5.74) is 1.63. The van der Waals surface area contributed by atoms with Gasteiger partial charge in [-0.1, -0.05) is 12.1 Å². The van der Waals surface area contributed by atoms with E-state index in [0.717, 1.165) is 16.7 Å². The lowest BCUT2D eigenvalue weighted by Crippen LogP contribution is -2.40. The van der Waals surface area contributed by atoms with E-state index in [0.29, 0.717) is 23.8 Å². The van der Waals surface area contributed by atoms with Gasteiger partial charge in [-0.25, -0.2) is 14.0 Å². The summed E-state index contributed by atoms with van der Waals surface area (Å²) in [5, 5.41) is 4.32. The average Bonchev–Trinajstić information content (AvgIpc) is 3.00. The molecular formula is C24H28FN3O4. The Bertz CT molecular complexity index is 1170. The van der Waals surface area contributed by atoms with Gasteiger partial charge >= 0.3 is 11.7 Å². The lowest BCUT2D eigenvalue weighted by Gasteiger charge is -2.26. The molecule has 2 aromatic carbocycles. The molecule has 0 fully saturated rings. The van der Waals surface area contributed by atoms with Crippen molar-refractivity contribution < 1.29 is 18.7 Å². The fourth-order valence-corrected chi connectivity index (χ4v) is 3.50. The SMILES string of the molecule is CCOC(=O)C(C)(C)Oc1c(C)cc(Cn2c(C)nn(-c3ccc(F)cc3)c2=O)cc1C. The summed E-state index contributed by atoms with van der Waals surface area (Å²) in [7, 11) is 0. The van der Waals surface area contributed by atoms with Gasteiger partial charge in [-0.15, -0.1) is 0 Å². The molecular weight excluding hydrogens is 413 g/mol. The third-order valence-electron chi connectivity index (χ3n) is 5.10. The van der Waals surface area contributed by atoms with E-state index in [1.807, 2.05) is 26.0 Å². The molecule has 0 saturated carbocycles. The van der Waals surface area contributed by atoms with Gasteiger partial charge in [0.25, 0.3) is 0 Å². The van der Waals surface area contributed by atoms with Gasteiger partial charge in [0.05, 0.1) is 18.8 Å². The van der Waals surface area contributed by atoms with Gasteiger partial charge in [-0.3, -0.25) is 4.57 Å². The maximum absolute atomic E-state index is 13.2. The smallest absolute Gasteiger partial charge is 0.351 e. The Morgan fingerprint density at radius 1 is 1.09 bits per heavy atom. The number of hydrogen-bond donors (Lipinski definition) is 0. The Balaban J connectivity index is 1.89. The fourth-order valence-electron chi connectivity index (χ4n) is 3.50. The van der Waals surface area contributed by atoms with Gasteiger partial charge in [0.1, 0.15) is 17.4 Å². The number of nitrogens with zero attached hydrogens (tertiary/aromatic N) is 3. The standard InChI is InChI=1S/C24H28FN3O4/c1-7-31-22(29)24(5,6)32-21-15(2)12-18(13-16(21)3)14-27-17(4)26-28(23(27)30)20-10-8-19(25)9-11-20/h8-13H,7,14H2,1-6H3. The van der Waals surface area contributed by atoms with Gasteiger partial charge in [-0.2, -0.15) is 9.78 Å². The van der Waals surface area contributed by atoms with Crippen molar-refractivity contribution in [2.24, 2.45) is 0 Å². The van der Waals surface area contributed by atoms with Crippen LogP contribution in [0.25, 0.3) is 5.69 Å². The van der Waals surface area contributed by atoms with Crippen LogP contribution in [0.15, 0.2) is 41.2 Å². The highest BCUT2D eigenvalue weighted by Gasteiger charge is 2.32. The van der Waals surface area contributed by atoms with Crippen LogP contribution in [-0.4, -0.2) is 32.5 Å². The summed E-state index contributed by atoms with van der Waals surface area (Å²) < 4.78 is 27.1. The van der Waals surface area contributed by atoms with Gasteiger partial charge in [0, 0.05) is 0 Å². The molecule has 0 spiro atoms. The monoisotopic (exact) mass is 441 g/mol. The van der Waals surface area contributed by atoms with Crippen LogP contribution in [0.1, 0.15) is 43.3 Å². The Morgan fingerprint density at radius 3 is 2.25 bits per heavy atom. The van der Waals surface area contributed by atoms with Crippen molar-refractivity contribution in [1.29, 1.82) is 0 Å². The highest BCUT2D eigenvalue weighted by molar-refractivity contribution is 5.79. The van der Waals surface area contributed by atoms with Crippen molar-refractivity contribution >= 4 is 5.97 Å². The quantitative estimate of drug-likeness (QED) is 0.521. The molecule has 0 aliphatic rings. The number of benzene rings is 2. The highest BCUT2D eigenvalue weighted by Crippen LogP contribution is 2.29. The lowest BCUT2D eigenvalue weighted by atomic mass is 10.0. The van der Waals surface area contributed by atoms with Crippen LogP contribution >= 0.6 is 0 Å². The number of aromatic nitrogens is 3. The maximum Gasteiger partial charge on any atom is 0.351 e. The van der Waals surface area contributed by atoms with Crippen molar-refractivity contribution in [3.8, 4) is 11.4 Å². The Labute approximate surface area is 186 Å². The first-order chi connectivity index (χ1) is 15.0. The van der Waals surface area contributed by atoms with Crippen molar-refractivity contribution in [2.45, 2.75) is 53.7 Å². The number of carbonyl (C=O) groups is 1. The maximum atomic E-state index is 13.2. The third-order valence-corrected chi connectivity index (χ3v) is 5.10. The molecule has 3 aromatic rings. The van der Waals surface area contributed by atoms with E-state index in [4.69, 9.17) is 9.47 Å². The molecule has 0 N–H and O–H groups in total. The topological polar surface area (TPSA) is 75.3 Å². The molecule has 1 aromatic heterocycles. The molecule has 1 heterocycles. The molecule has 0 radical (unpaired) electrons. The van der Waals surface area contributed by atoms with Crippen molar-refractivity contribution in [1.82, 2.24) is 14.3 Å². The van der Waals surface area contributed by atoms with Crippen LogP contribution in [0.4, 0.5) is 4.39 Å². The molecule has 0 amide bonds. The summed E-state index contributed by atoms with van der Waals surface area (Å²) in [6, 6.07) is 9.45. The number of carbonyl (C=O) groups excluding carboxylic acids is 1. The largest absolute Gasteiger partial charge is 0.476 e. The van der Waals surface area contributed by atoms with Crippen LogP contribution in [-0.2, 0) is 16.1 Å². The van der Waals surface area contributed by atoms with E-state index in [1.165, 1.54) is 28.9 Å². The number of esters is 1. The lowest BCUT2D eigenvalue weighted by molar-refractivity contribution is -0.158. The summed E-state index contributed by atoms with van der Waals surface area (Å²) in [6.45, 7) is 11.2. The molecule has 0 bridgehead atoms. The minimum atomic E-state index is -1.13. The first kappa shape index (κ1) is 23.2. The zero-order valence-electron chi connectivity index (χ0n) is 19.2. The minimum absolute atomic E-state index is 0.280. The number of rotatable bonds is 7. The van der Waals surface area contributed by atoms with Gasteiger partial charge in [0.15, 0.2) is 5.60 Å². The molecule has 170 valence electrons. The number of hydrogen-bond acceptors (Lipinski definition) is 5. The Hall–Kier alpha value is -3.42. The minimum Gasteiger partial charge on any atom is -0.476 e. The molecule has 0 saturated heterocycles. The van der Waals surface area contributed by atoms with Crippen LogP contribution in [0, 0.1) is 26.6 Å². The second-order valence-corrected chi connectivity index (χ2v) is 8.20. The number of ether oxygens (including phenoxy) is 2. The Morgan fingerprint density at radius 2 is 1.69 bits per heavy atom. The molecule has 3 rings (SSSR count). The summed E-state index contributed by atoms with van der Waals surface area (Å²) in [4.78, 5) is 25.1. The number of aryl methyl sites for hydroxylation is 3. The highest BCUT2D eigenvalue weighted by atomic mass is 19.1. The molecule has 32 heavy (non-hydrogen) atoms.